The highest BCUT2D eigenvalue weighted by Gasteiger charge is 2.01. The summed E-state index contributed by atoms with van der Waals surface area (Å²) >= 11 is 0. The van der Waals surface area contributed by atoms with Gasteiger partial charge in [-0.25, -0.2) is 4.79 Å². The van der Waals surface area contributed by atoms with Crippen LogP contribution in [-0.4, -0.2) is 17.7 Å². The van der Waals surface area contributed by atoms with Gasteiger partial charge in [0.2, 0.25) is 0 Å². The first-order valence-electron chi connectivity index (χ1n) is 5.57. The van der Waals surface area contributed by atoms with E-state index < -0.39 is 5.97 Å². The number of benzene rings is 1. The zero-order valence-electron chi connectivity index (χ0n) is 9.56. The molecular weight excluding hydrogens is 218 g/mol. The quantitative estimate of drug-likeness (QED) is 0.735. The van der Waals surface area contributed by atoms with E-state index >= 15 is 0 Å². The molecule has 1 aromatic rings. The van der Waals surface area contributed by atoms with Crippen molar-refractivity contribution in [1.82, 2.24) is 0 Å². The Bertz CT molecular complexity index is 392. The highest BCUT2D eigenvalue weighted by Crippen LogP contribution is 2.12. The summed E-state index contributed by atoms with van der Waals surface area (Å²) < 4.78 is 5.45. The SMILES string of the molecule is N#CCCCCCOc1ccc(C(=O)O)cc1. The first-order chi connectivity index (χ1) is 8.24. The summed E-state index contributed by atoms with van der Waals surface area (Å²) in [4.78, 5) is 10.6. The Kier molecular flexibility index (Phi) is 5.59. The lowest BCUT2D eigenvalue weighted by Crippen LogP contribution is -1.99. The lowest BCUT2D eigenvalue weighted by Gasteiger charge is -2.05. The molecule has 0 radical (unpaired) electrons. The fraction of sp³-hybridized carbons (Fsp3) is 0.385. The van der Waals surface area contributed by atoms with Crippen LogP contribution in [0.1, 0.15) is 36.0 Å². The van der Waals surface area contributed by atoms with E-state index in [1.54, 1.807) is 12.1 Å². The second-order valence-electron chi connectivity index (χ2n) is 3.65. The fourth-order valence-corrected chi connectivity index (χ4v) is 1.37. The van der Waals surface area contributed by atoms with Crippen molar-refractivity contribution in [3.8, 4) is 11.8 Å². The third-order valence-electron chi connectivity index (χ3n) is 2.30. The predicted octanol–water partition coefficient (Wildman–Crippen LogP) is 2.85. The molecule has 17 heavy (non-hydrogen) atoms. The zero-order valence-corrected chi connectivity index (χ0v) is 9.56. The van der Waals surface area contributed by atoms with Gasteiger partial charge in [0.25, 0.3) is 0 Å². The fourth-order valence-electron chi connectivity index (χ4n) is 1.37. The number of carboxylic acid groups (broad SMARTS) is 1. The van der Waals surface area contributed by atoms with E-state index in [2.05, 4.69) is 6.07 Å². The van der Waals surface area contributed by atoms with Crippen LogP contribution in [0.15, 0.2) is 24.3 Å². The van der Waals surface area contributed by atoms with Crippen LogP contribution in [0, 0.1) is 11.3 Å². The van der Waals surface area contributed by atoms with Crippen LogP contribution < -0.4 is 4.74 Å². The molecule has 0 aliphatic carbocycles. The Morgan fingerprint density at radius 2 is 1.94 bits per heavy atom. The molecule has 0 amide bonds. The first-order valence-corrected chi connectivity index (χ1v) is 5.57. The van der Waals surface area contributed by atoms with Crippen LogP contribution in [0.4, 0.5) is 0 Å². The zero-order chi connectivity index (χ0) is 12.5. The summed E-state index contributed by atoms with van der Waals surface area (Å²) in [5.41, 5.74) is 0.256. The Morgan fingerprint density at radius 1 is 1.24 bits per heavy atom. The summed E-state index contributed by atoms with van der Waals surface area (Å²) in [6, 6.07) is 8.44. The Balaban J connectivity index is 2.23. The molecule has 0 aromatic heterocycles. The Hall–Kier alpha value is -2.02. The Morgan fingerprint density at radius 3 is 2.53 bits per heavy atom. The number of nitrogens with zero attached hydrogens (tertiary/aromatic N) is 1. The maximum atomic E-state index is 10.6. The number of nitriles is 1. The summed E-state index contributed by atoms with van der Waals surface area (Å²) in [6.07, 6.45) is 3.37. The maximum Gasteiger partial charge on any atom is 0.335 e. The summed E-state index contributed by atoms with van der Waals surface area (Å²) in [5, 5.41) is 17.0. The molecule has 90 valence electrons. The van der Waals surface area contributed by atoms with Crippen LogP contribution in [0.25, 0.3) is 0 Å². The number of unbranched alkanes of at least 4 members (excludes halogenated alkanes) is 3. The minimum Gasteiger partial charge on any atom is -0.494 e. The molecule has 0 saturated heterocycles. The lowest BCUT2D eigenvalue weighted by molar-refractivity contribution is 0.0697. The third-order valence-corrected chi connectivity index (χ3v) is 2.30. The molecule has 0 bridgehead atoms. The number of carboxylic acids is 1. The predicted molar refractivity (Wildman–Crippen MR) is 63.0 cm³/mol. The third kappa shape index (κ3) is 5.03. The van der Waals surface area contributed by atoms with Gasteiger partial charge in [0.15, 0.2) is 0 Å². The van der Waals surface area contributed by atoms with Gasteiger partial charge in [-0.2, -0.15) is 5.26 Å². The number of carbonyl (C=O) groups is 1. The minimum absolute atomic E-state index is 0.256. The highest BCUT2D eigenvalue weighted by molar-refractivity contribution is 5.87. The standard InChI is InChI=1S/C13H15NO3/c14-9-3-1-2-4-10-17-12-7-5-11(6-8-12)13(15)16/h5-8H,1-4,10H2,(H,15,16). The van der Waals surface area contributed by atoms with Gasteiger partial charge in [-0.3, -0.25) is 0 Å². The van der Waals surface area contributed by atoms with E-state index in [-0.39, 0.29) is 5.56 Å². The molecule has 4 heteroatoms. The van der Waals surface area contributed by atoms with Crippen LogP contribution in [0.5, 0.6) is 5.75 Å². The normalized spacial score (nSPS) is 9.59. The topological polar surface area (TPSA) is 70.3 Å². The highest BCUT2D eigenvalue weighted by atomic mass is 16.5. The van der Waals surface area contributed by atoms with Gasteiger partial charge in [-0.05, 0) is 43.5 Å². The van der Waals surface area contributed by atoms with Crippen molar-refractivity contribution >= 4 is 5.97 Å². The number of hydrogen-bond donors (Lipinski definition) is 1. The molecule has 1 rings (SSSR count). The van der Waals surface area contributed by atoms with Crippen LogP contribution in [0.2, 0.25) is 0 Å². The largest absolute Gasteiger partial charge is 0.494 e. The van der Waals surface area contributed by atoms with Crippen molar-refractivity contribution in [3.05, 3.63) is 29.8 Å². The van der Waals surface area contributed by atoms with E-state index in [1.807, 2.05) is 0 Å². The van der Waals surface area contributed by atoms with Crippen molar-refractivity contribution in [2.45, 2.75) is 25.7 Å². The number of ether oxygens (including phenoxy) is 1. The van der Waals surface area contributed by atoms with Crippen molar-refractivity contribution in [1.29, 1.82) is 5.26 Å². The minimum atomic E-state index is -0.937. The second-order valence-corrected chi connectivity index (χ2v) is 3.65. The second kappa shape index (κ2) is 7.29. The lowest BCUT2D eigenvalue weighted by atomic mass is 10.2. The van der Waals surface area contributed by atoms with Gasteiger partial charge < -0.3 is 9.84 Å². The smallest absolute Gasteiger partial charge is 0.335 e. The van der Waals surface area contributed by atoms with Crippen molar-refractivity contribution in [2.24, 2.45) is 0 Å². The summed E-state index contributed by atoms with van der Waals surface area (Å²) in [6.45, 7) is 0.595. The van der Waals surface area contributed by atoms with Gasteiger partial charge in [-0.15, -0.1) is 0 Å². The van der Waals surface area contributed by atoms with Crippen LogP contribution >= 0.6 is 0 Å². The van der Waals surface area contributed by atoms with E-state index in [0.29, 0.717) is 18.8 Å². The molecule has 1 aromatic carbocycles. The maximum absolute atomic E-state index is 10.6. The molecule has 0 unspecified atom stereocenters. The summed E-state index contributed by atoms with van der Waals surface area (Å²) in [7, 11) is 0. The molecule has 4 nitrogen and oxygen atoms in total. The van der Waals surface area contributed by atoms with E-state index in [0.717, 1.165) is 19.3 Å². The monoisotopic (exact) mass is 233 g/mol. The number of aromatic carboxylic acids is 1. The van der Waals surface area contributed by atoms with Gasteiger partial charge in [-0.1, -0.05) is 0 Å². The average molecular weight is 233 g/mol. The van der Waals surface area contributed by atoms with Crippen LogP contribution in [0.3, 0.4) is 0 Å². The Labute approximate surface area is 100 Å². The molecule has 0 aliphatic rings. The molecular formula is C13H15NO3. The molecule has 0 saturated carbocycles. The molecule has 0 aliphatic heterocycles. The molecule has 0 heterocycles. The average Bonchev–Trinajstić information content (AvgIpc) is 2.34. The van der Waals surface area contributed by atoms with Crippen molar-refractivity contribution in [2.75, 3.05) is 6.61 Å². The van der Waals surface area contributed by atoms with Gasteiger partial charge in [0.05, 0.1) is 18.2 Å². The summed E-state index contributed by atoms with van der Waals surface area (Å²) in [5.74, 6) is -0.261. The van der Waals surface area contributed by atoms with E-state index in [4.69, 9.17) is 15.1 Å². The van der Waals surface area contributed by atoms with E-state index in [9.17, 15) is 4.79 Å². The van der Waals surface area contributed by atoms with Gasteiger partial charge >= 0.3 is 5.97 Å². The first kappa shape index (κ1) is 13.0. The number of hydrogen-bond acceptors (Lipinski definition) is 3. The van der Waals surface area contributed by atoms with Crippen molar-refractivity contribution in [3.63, 3.8) is 0 Å². The molecule has 0 atom stereocenters. The van der Waals surface area contributed by atoms with Gasteiger partial charge in [0.1, 0.15) is 5.75 Å². The molecule has 0 spiro atoms. The molecule has 0 fully saturated rings. The van der Waals surface area contributed by atoms with E-state index in [1.165, 1.54) is 12.1 Å². The van der Waals surface area contributed by atoms with Crippen molar-refractivity contribution < 1.29 is 14.6 Å². The number of rotatable bonds is 7. The van der Waals surface area contributed by atoms with Crippen LogP contribution in [-0.2, 0) is 0 Å². The van der Waals surface area contributed by atoms with Gasteiger partial charge in [0, 0.05) is 6.42 Å². The molecule has 1 N–H and O–H groups in total.